The van der Waals surface area contributed by atoms with Crippen LogP contribution in [0.2, 0.25) is 5.02 Å². The van der Waals surface area contributed by atoms with Gasteiger partial charge in [-0.2, -0.15) is 0 Å². The van der Waals surface area contributed by atoms with Gasteiger partial charge in [0.2, 0.25) is 15.9 Å². The molecule has 0 saturated carbocycles. The number of benzene rings is 3. The molecule has 0 spiro atoms. The minimum atomic E-state index is -3.81. The summed E-state index contributed by atoms with van der Waals surface area (Å²) in [7, 11) is -3.81. The molecule has 4 N–H and O–H groups in total. The molecule has 0 aliphatic rings. The third-order valence-corrected chi connectivity index (χ3v) is 7.87. The fraction of sp³-hybridized carbons (Fsp3) is 0.0800. The molecule has 2 aromatic heterocycles. The minimum absolute atomic E-state index is 0.0335. The summed E-state index contributed by atoms with van der Waals surface area (Å²) in [5, 5.41) is 18.4. The van der Waals surface area contributed by atoms with Gasteiger partial charge in [-0.15, -0.1) is 10.2 Å². The zero-order valence-electron chi connectivity index (χ0n) is 19.4. The summed E-state index contributed by atoms with van der Waals surface area (Å²) in [4.78, 5) is 16.2. The number of hydrogen-bond acceptors (Lipinski definition) is 6. The van der Waals surface area contributed by atoms with Crippen LogP contribution in [0.1, 0.15) is 6.92 Å². The van der Waals surface area contributed by atoms with Gasteiger partial charge >= 0.3 is 0 Å². The quantitative estimate of drug-likeness (QED) is 0.247. The predicted molar refractivity (Wildman–Crippen MR) is 145 cm³/mol. The maximum atomic E-state index is 12.9. The minimum Gasteiger partial charge on any atom is -0.360 e. The number of fused-ring (bicyclic) bond motifs is 1. The number of rotatable bonds is 7. The van der Waals surface area contributed by atoms with E-state index in [-0.39, 0.29) is 10.8 Å². The molecule has 0 aliphatic heterocycles. The molecule has 9 nitrogen and oxygen atoms in total. The number of sulfonamides is 1. The van der Waals surface area contributed by atoms with Gasteiger partial charge < -0.3 is 10.3 Å². The number of carbonyl (C=O) groups is 1. The number of thioether (sulfide) groups is 1. The van der Waals surface area contributed by atoms with Crippen LogP contribution in [-0.4, -0.2) is 39.3 Å². The van der Waals surface area contributed by atoms with Crippen LogP contribution in [0.25, 0.3) is 28.0 Å². The second-order valence-electron chi connectivity index (χ2n) is 8.18. The van der Waals surface area contributed by atoms with Gasteiger partial charge in [0.1, 0.15) is 0 Å². The number of aromatic amines is 1. The van der Waals surface area contributed by atoms with E-state index in [0.29, 0.717) is 21.7 Å². The number of nitrogens with two attached hydrogens (primary N) is 1. The van der Waals surface area contributed by atoms with Crippen molar-refractivity contribution in [3.05, 3.63) is 84.0 Å². The lowest BCUT2D eigenvalue weighted by atomic mass is 10.1. The van der Waals surface area contributed by atoms with Crippen LogP contribution < -0.4 is 10.5 Å². The van der Waals surface area contributed by atoms with E-state index in [1.54, 1.807) is 19.1 Å². The van der Waals surface area contributed by atoms with Crippen molar-refractivity contribution in [3.63, 3.8) is 0 Å². The molecule has 5 rings (SSSR count). The van der Waals surface area contributed by atoms with Gasteiger partial charge in [-0.1, -0.05) is 41.6 Å². The monoisotopic (exact) mass is 552 g/mol. The highest BCUT2D eigenvalue weighted by Gasteiger charge is 2.23. The lowest BCUT2D eigenvalue weighted by molar-refractivity contribution is -0.115. The summed E-state index contributed by atoms with van der Waals surface area (Å²) in [6.07, 6.45) is 1.89. The summed E-state index contributed by atoms with van der Waals surface area (Å²) in [6, 6.07) is 20.9. The summed E-state index contributed by atoms with van der Waals surface area (Å²) in [5.41, 5.74) is 3.09. The Kier molecular flexibility index (Phi) is 6.78. The molecule has 2 heterocycles. The summed E-state index contributed by atoms with van der Waals surface area (Å²) >= 11 is 7.37. The Labute approximate surface area is 222 Å². The van der Waals surface area contributed by atoms with E-state index in [1.807, 2.05) is 47.2 Å². The zero-order chi connectivity index (χ0) is 26.2. The average Bonchev–Trinajstić information content (AvgIpc) is 3.48. The van der Waals surface area contributed by atoms with Crippen molar-refractivity contribution in [3.8, 4) is 17.1 Å². The van der Waals surface area contributed by atoms with E-state index in [9.17, 15) is 13.2 Å². The molecule has 0 unspecified atom stereocenters. The van der Waals surface area contributed by atoms with Crippen LogP contribution in [0.15, 0.2) is 89.0 Å². The fourth-order valence-electron chi connectivity index (χ4n) is 3.78. The number of nitrogens with zero attached hydrogens (tertiary/aromatic N) is 3. The van der Waals surface area contributed by atoms with Gasteiger partial charge in [0.05, 0.1) is 10.1 Å². The molecule has 1 atom stereocenters. The molecule has 0 fully saturated rings. The standard InChI is InChI=1S/C25H21ClN6O3S2/c1-15(24(33)29-17-8-12-19(13-9-17)37(27,34)35)36-25-31-30-23(32(25)18-10-6-16(26)7-11-18)21-14-28-22-5-3-2-4-20(21)22/h2-15,28H,1H3,(H,29,33)(H2,27,34,35)/t15-/m0/s1. The maximum absolute atomic E-state index is 12.9. The van der Waals surface area contributed by atoms with E-state index in [1.165, 1.54) is 36.0 Å². The second kappa shape index (κ2) is 10.0. The lowest BCUT2D eigenvalue weighted by Crippen LogP contribution is -2.23. The van der Waals surface area contributed by atoms with Crippen LogP contribution in [0, 0.1) is 0 Å². The molecule has 0 bridgehead atoms. The van der Waals surface area contributed by atoms with Gasteiger partial charge in [0.25, 0.3) is 0 Å². The Bertz CT molecular complexity index is 1700. The first-order chi connectivity index (χ1) is 17.7. The number of halogens is 1. The van der Waals surface area contributed by atoms with Crippen molar-refractivity contribution in [1.82, 2.24) is 19.7 Å². The molecule has 3 aromatic carbocycles. The number of aromatic nitrogens is 4. The van der Waals surface area contributed by atoms with Gasteiger partial charge in [-0.3, -0.25) is 9.36 Å². The second-order valence-corrected chi connectivity index (χ2v) is 11.5. The first-order valence-electron chi connectivity index (χ1n) is 11.1. The Morgan fingerprint density at radius 1 is 1.05 bits per heavy atom. The van der Waals surface area contributed by atoms with E-state index in [0.717, 1.165) is 22.2 Å². The number of nitrogens with one attached hydrogen (secondary N) is 2. The van der Waals surface area contributed by atoms with Crippen LogP contribution >= 0.6 is 23.4 Å². The first-order valence-corrected chi connectivity index (χ1v) is 13.9. The van der Waals surface area contributed by atoms with E-state index in [2.05, 4.69) is 20.5 Å². The van der Waals surface area contributed by atoms with Crippen LogP contribution in [0.4, 0.5) is 5.69 Å². The van der Waals surface area contributed by atoms with Gasteiger partial charge in [0.15, 0.2) is 11.0 Å². The van der Waals surface area contributed by atoms with Gasteiger partial charge in [0, 0.05) is 39.1 Å². The Balaban J connectivity index is 1.45. The highest BCUT2D eigenvalue weighted by atomic mass is 35.5. The topological polar surface area (TPSA) is 136 Å². The van der Waals surface area contributed by atoms with E-state index in [4.69, 9.17) is 16.7 Å². The van der Waals surface area contributed by atoms with Gasteiger partial charge in [-0.25, -0.2) is 13.6 Å². The van der Waals surface area contributed by atoms with E-state index < -0.39 is 15.3 Å². The smallest absolute Gasteiger partial charge is 0.238 e. The predicted octanol–water partition coefficient (Wildman–Crippen LogP) is 4.84. The summed E-state index contributed by atoms with van der Waals surface area (Å²) in [5.74, 6) is 0.334. The molecule has 0 saturated heterocycles. The third-order valence-electron chi connectivity index (χ3n) is 5.65. The molecule has 1 amide bonds. The zero-order valence-corrected chi connectivity index (χ0v) is 21.8. The Hall–Kier alpha value is -3.64. The Morgan fingerprint density at radius 3 is 2.46 bits per heavy atom. The lowest BCUT2D eigenvalue weighted by Gasteiger charge is -2.14. The van der Waals surface area contributed by atoms with Crippen molar-refractivity contribution in [2.75, 3.05) is 5.32 Å². The number of carbonyl (C=O) groups excluding carboxylic acids is 1. The van der Waals surface area contributed by atoms with Crippen molar-refractivity contribution in [1.29, 1.82) is 0 Å². The molecule has 5 aromatic rings. The maximum Gasteiger partial charge on any atom is 0.238 e. The molecule has 37 heavy (non-hydrogen) atoms. The SMILES string of the molecule is C[C@H](Sc1nnc(-c2c[nH]c3ccccc23)n1-c1ccc(Cl)cc1)C(=O)Nc1ccc(S(N)(=O)=O)cc1. The van der Waals surface area contributed by atoms with Gasteiger partial charge in [-0.05, 0) is 61.5 Å². The van der Waals surface area contributed by atoms with Crippen LogP contribution in [0.5, 0.6) is 0 Å². The highest BCUT2D eigenvalue weighted by Crippen LogP contribution is 2.34. The number of H-pyrrole nitrogens is 1. The largest absolute Gasteiger partial charge is 0.360 e. The van der Waals surface area contributed by atoms with Crippen LogP contribution in [-0.2, 0) is 14.8 Å². The number of primary sulfonamides is 1. The molecular weight excluding hydrogens is 532 g/mol. The average molecular weight is 553 g/mol. The highest BCUT2D eigenvalue weighted by molar-refractivity contribution is 8.00. The van der Waals surface area contributed by atoms with Crippen molar-refractivity contribution >= 4 is 55.9 Å². The molecular formula is C25H21ClN6O3S2. The number of hydrogen-bond donors (Lipinski definition) is 3. The fourth-order valence-corrected chi connectivity index (χ4v) is 5.29. The first kappa shape index (κ1) is 25.0. The number of para-hydroxylation sites is 1. The van der Waals surface area contributed by atoms with E-state index >= 15 is 0 Å². The van der Waals surface area contributed by atoms with Crippen molar-refractivity contribution in [2.24, 2.45) is 5.14 Å². The third kappa shape index (κ3) is 5.25. The molecule has 0 aliphatic carbocycles. The van der Waals surface area contributed by atoms with Crippen molar-refractivity contribution < 1.29 is 13.2 Å². The summed E-state index contributed by atoms with van der Waals surface area (Å²) in [6.45, 7) is 1.75. The molecule has 12 heteroatoms. The number of anilines is 1. The summed E-state index contributed by atoms with van der Waals surface area (Å²) < 4.78 is 24.8. The normalized spacial score (nSPS) is 12.5. The molecule has 0 radical (unpaired) electrons. The number of amides is 1. The Morgan fingerprint density at radius 2 is 1.76 bits per heavy atom. The molecule has 188 valence electrons. The van der Waals surface area contributed by atoms with Crippen molar-refractivity contribution in [2.45, 2.75) is 22.2 Å². The van der Waals surface area contributed by atoms with Crippen LogP contribution in [0.3, 0.4) is 0 Å².